The summed E-state index contributed by atoms with van der Waals surface area (Å²) >= 11 is 0. The molecule has 12 heteroatoms. The van der Waals surface area contributed by atoms with E-state index in [1.54, 1.807) is 21.8 Å². The molecule has 0 aliphatic carbocycles. The van der Waals surface area contributed by atoms with Gasteiger partial charge in [-0.1, -0.05) is 0 Å². The molecule has 10 nitrogen and oxygen atoms in total. The van der Waals surface area contributed by atoms with Gasteiger partial charge in [0.25, 0.3) is 6.43 Å². The van der Waals surface area contributed by atoms with Gasteiger partial charge < -0.3 is 14.7 Å². The Balaban J connectivity index is 1.58. The summed E-state index contributed by atoms with van der Waals surface area (Å²) in [7, 11) is 1.84. The zero-order chi connectivity index (χ0) is 25.5. The minimum atomic E-state index is -2.59. The summed E-state index contributed by atoms with van der Waals surface area (Å²) in [5, 5.41) is 23.6. The molecule has 196 valence electrons. The molecule has 2 fully saturated rings. The average Bonchev–Trinajstić information content (AvgIpc) is 3.63. The Morgan fingerprint density at radius 2 is 1.86 bits per heavy atom. The fourth-order valence-electron chi connectivity index (χ4n) is 5.35. The number of halogens is 2. The Morgan fingerprint density at radius 3 is 2.57 bits per heavy atom. The predicted molar refractivity (Wildman–Crippen MR) is 133 cm³/mol. The van der Waals surface area contributed by atoms with Crippen LogP contribution >= 0.6 is 0 Å². The van der Waals surface area contributed by atoms with E-state index in [2.05, 4.69) is 15.1 Å². The molecule has 0 saturated carbocycles. The molecule has 37 heavy (non-hydrogen) atoms. The molecule has 0 radical (unpaired) electrons. The minimum absolute atomic E-state index is 0.239. The first kappa shape index (κ1) is 24.0. The molecule has 6 rings (SSSR count). The molecule has 6 heterocycles. The topological polar surface area (TPSA) is 99.1 Å². The van der Waals surface area contributed by atoms with E-state index in [1.165, 1.54) is 4.68 Å². The van der Waals surface area contributed by atoms with Crippen LogP contribution in [0, 0.1) is 0 Å². The lowest BCUT2D eigenvalue weighted by Crippen LogP contribution is -2.36. The number of aromatic nitrogens is 7. The Bertz CT molecular complexity index is 1380. The molecule has 2 saturated heterocycles. The molecule has 2 aliphatic rings. The lowest BCUT2D eigenvalue weighted by Gasteiger charge is -2.32. The normalized spacial score (nSPS) is 19.4. The number of alkyl halides is 2. The second kappa shape index (κ2) is 9.82. The number of hydrogen-bond donors (Lipinski definition) is 1. The van der Waals surface area contributed by atoms with Crippen LogP contribution in [0.1, 0.15) is 38.3 Å². The molecule has 2 aliphatic heterocycles. The zero-order valence-corrected chi connectivity index (χ0v) is 20.7. The van der Waals surface area contributed by atoms with E-state index in [-0.39, 0.29) is 12.3 Å². The van der Waals surface area contributed by atoms with Crippen molar-refractivity contribution in [2.75, 3.05) is 24.6 Å². The van der Waals surface area contributed by atoms with Crippen LogP contribution in [0.25, 0.3) is 33.8 Å². The smallest absolute Gasteiger partial charge is 0.257 e. The molecule has 1 unspecified atom stereocenters. The van der Waals surface area contributed by atoms with E-state index in [1.807, 2.05) is 25.2 Å². The number of aryl methyl sites for hydroxylation is 1. The van der Waals surface area contributed by atoms with Crippen LogP contribution in [0.3, 0.4) is 0 Å². The monoisotopic (exact) mass is 512 g/mol. The molecule has 0 spiro atoms. The summed E-state index contributed by atoms with van der Waals surface area (Å²) in [6, 6.07) is 5.63. The second-order valence-electron chi connectivity index (χ2n) is 9.69. The molecule has 0 amide bonds. The van der Waals surface area contributed by atoms with Crippen LogP contribution in [-0.4, -0.2) is 71.7 Å². The highest BCUT2D eigenvalue weighted by Gasteiger charge is 2.29. The summed E-state index contributed by atoms with van der Waals surface area (Å²) in [6.45, 7) is 1.31. The molecule has 1 N–H and O–H groups in total. The van der Waals surface area contributed by atoms with E-state index < -0.39 is 13.0 Å². The lowest BCUT2D eigenvalue weighted by molar-refractivity contribution is -0.0384. The fourth-order valence-corrected chi connectivity index (χ4v) is 5.35. The van der Waals surface area contributed by atoms with Gasteiger partial charge in [-0.05, 0) is 50.3 Å². The number of hydrogen-bond acceptors (Lipinski definition) is 7. The third kappa shape index (κ3) is 4.48. The second-order valence-corrected chi connectivity index (χ2v) is 9.69. The van der Waals surface area contributed by atoms with Crippen molar-refractivity contribution in [3.63, 3.8) is 0 Å². The Kier molecular flexibility index (Phi) is 6.37. The van der Waals surface area contributed by atoms with E-state index in [0.29, 0.717) is 60.7 Å². The maximum absolute atomic E-state index is 13.8. The first-order valence-corrected chi connectivity index (χ1v) is 12.8. The van der Waals surface area contributed by atoms with Crippen molar-refractivity contribution >= 4 is 16.7 Å². The highest BCUT2D eigenvalue weighted by atomic mass is 19.3. The van der Waals surface area contributed by atoms with E-state index in [0.717, 1.165) is 30.6 Å². The molecular formula is C25H30F2N8O2. The number of nitrogens with zero attached hydrogens (tertiary/aromatic N) is 8. The number of fused-ring (bicyclic) bond motifs is 1. The van der Waals surface area contributed by atoms with Crippen molar-refractivity contribution in [1.29, 1.82) is 0 Å². The summed E-state index contributed by atoms with van der Waals surface area (Å²) in [6.07, 6.45) is 4.25. The molecule has 1 atom stereocenters. The number of ether oxygens (including phenoxy) is 1. The predicted octanol–water partition coefficient (Wildman–Crippen LogP) is 3.62. The van der Waals surface area contributed by atoms with Gasteiger partial charge in [-0.2, -0.15) is 15.3 Å². The van der Waals surface area contributed by atoms with Crippen molar-refractivity contribution < 1.29 is 18.6 Å². The van der Waals surface area contributed by atoms with Crippen LogP contribution < -0.4 is 4.90 Å². The van der Waals surface area contributed by atoms with Gasteiger partial charge in [-0.3, -0.25) is 9.36 Å². The highest BCUT2D eigenvalue weighted by Crippen LogP contribution is 2.38. The highest BCUT2D eigenvalue weighted by molar-refractivity contribution is 5.99. The van der Waals surface area contributed by atoms with Crippen molar-refractivity contribution in [3.05, 3.63) is 30.6 Å². The number of anilines is 1. The van der Waals surface area contributed by atoms with Crippen molar-refractivity contribution in [2.24, 2.45) is 7.05 Å². The van der Waals surface area contributed by atoms with Crippen molar-refractivity contribution in [1.82, 2.24) is 34.3 Å². The van der Waals surface area contributed by atoms with Gasteiger partial charge in [0.05, 0.1) is 28.9 Å². The van der Waals surface area contributed by atoms with E-state index in [4.69, 9.17) is 14.8 Å². The SMILES string of the molecule is Cn1nccc1-c1cc(N2CCC(O)CC2)c2c(n1)c(-c1ccnn1C1CCCCO1)nn2CC(F)F. The number of rotatable bonds is 6. The third-order valence-corrected chi connectivity index (χ3v) is 7.22. The molecule has 4 aromatic rings. The van der Waals surface area contributed by atoms with Gasteiger partial charge >= 0.3 is 0 Å². The lowest BCUT2D eigenvalue weighted by atomic mass is 10.1. The Labute approximate surface area is 212 Å². The Morgan fingerprint density at radius 1 is 1.08 bits per heavy atom. The van der Waals surface area contributed by atoms with Gasteiger partial charge in [-0.25, -0.2) is 18.4 Å². The fraction of sp³-hybridized carbons (Fsp3) is 0.520. The number of aliphatic hydroxyl groups is 1. The van der Waals surface area contributed by atoms with Gasteiger partial charge in [0.1, 0.15) is 23.3 Å². The largest absolute Gasteiger partial charge is 0.393 e. The Hall–Kier alpha value is -3.38. The average molecular weight is 513 g/mol. The van der Waals surface area contributed by atoms with Gasteiger partial charge in [0.2, 0.25) is 0 Å². The van der Waals surface area contributed by atoms with Gasteiger partial charge in [0.15, 0.2) is 6.23 Å². The summed E-state index contributed by atoms with van der Waals surface area (Å²) in [5.74, 6) is 0. The molecule has 4 aromatic heterocycles. The van der Waals surface area contributed by atoms with E-state index in [9.17, 15) is 13.9 Å². The standard InChI is InChI=1S/C25H30F2N8O2/c1-32-18(5-9-28-32)17-14-20(33-11-7-16(36)8-12-33)25-24(30-17)23(31-34(25)15-21(26)27)19-6-10-29-35(19)22-4-2-3-13-37-22/h5-6,9-10,14,16,21-22,36H,2-4,7-8,11-13,15H2,1H3. The molecular weight excluding hydrogens is 482 g/mol. The molecule has 0 bridgehead atoms. The van der Waals surface area contributed by atoms with Crippen LogP contribution in [0.2, 0.25) is 0 Å². The summed E-state index contributed by atoms with van der Waals surface area (Å²) in [5.41, 5.74) is 4.49. The van der Waals surface area contributed by atoms with Crippen LogP contribution in [0.4, 0.5) is 14.5 Å². The summed E-state index contributed by atoms with van der Waals surface area (Å²) in [4.78, 5) is 7.10. The van der Waals surface area contributed by atoms with Gasteiger partial charge in [-0.15, -0.1) is 0 Å². The molecule has 0 aromatic carbocycles. The maximum atomic E-state index is 13.8. The van der Waals surface area contributed by atoms with E-state index >= 15 is 0 Å². The number of pyridine rings is 1. The van der Waals surface area contributed by atoms with Crippen molar-refractivity contribution in [2.45, 2.75) is 57.4 Å². The van der Waals surface area contributed by atoms with Crippen molar-refractivity contribution in [3.8, 4) is 22.8 Å². The zero-order valence-electron chi connectivity index (χ0n) is 20.7. The third-order valence-electron chi connectivity index (χ3n) is 7.22. The van der Waals surface area contributed by atoms with Crippen LogP contribution in [0.5, 0.6) is 0 Å². The van der Waals surface area contributed by atoms with Crippen LogP contribution in [0.15, 0.2) is 30.6 Å². The quantitative estimate of drug-likeness (QED) is 0.421. The first-order valence-electron chi connectivity index (χ1n) is 12.8. The summed E-state index contributed by atoms with van der Waals surface area (Å²) < 4.78 is 38.4. The van der Waals surface area contributed by atoms with Crippen LogP contribution in [-0.2, 0) is 18.3 Å². The maximum Gasteiger partial charge on any atom is 0.257 e. The first-order chi connectivity index (χ1) is 18.0. The van der Waals surface area contributed by atoms with Gasteiger partial charge in [0, 0.05) is 39.1 Å². The number of piperidine rings is 1. The number of aliphatic hydroxyl groups excluding tert-OH is 1. The minimum Gasteiger partial charge on any atom is -0.393 e.